The molecule has 0 spiro atoms. The van der Waals surface area contributed by atoms with Crippen molar-refractivity contribution in [2.75, 3.05) is 7.11 Å². The highest BCUT2D eigenvalue weighted by molar-refractivity contribution is 6.04. The molecule has 0 unspecified atom stereocenters. The molecule has 7 heteroatoms. The van der Waals surface area contributed by atoms with Gasteiger partial charge in [-0.15, -0.1) is 10.2 Å². The first-order valence-corrected chi connectivity index (χ1v) is 8.45. The molecule has 0 bridgehead atoms. The van der Waals surface area contributed by atoms with E-state index in [2.05, 4.69) is 33.8 Å². The molecule has 26 heavy (non-hydrogen) atoms. The summed E-state index contributed by atoms with van der Waals surface area (Å²) in [6, 6.07) is 15.9. The Balaban J connectivity index is 1.81. The first-order chi connectivity index (χ1) is 12.8. The molecule has 0 aliphatic carbocycles. The van der Waals surface area contributed by atoms with Crippen LogP contribution in [0.25, 0.3) is 39.2 Å². The summed E-state index contributed by atoms with van der Waals surface area (Å²) >= 11 is 0. The van der Waals surface area contributed by atoms with Crippen LogP contribution >= 0.6 is 0 Å². The average Bonchev–Trinajstić information content (AvgIpc) is 3.24. The minimum Gasteiger partial charge on any atom is -0.497 e. The van der Waals surface area contributed by atoms with Crippen LogP contribution in [0, 0.1) is 0 Å². The third-order valence-corrected chi connectivity index (χ3v) is 4.61. The van der Waals surface area contributed by atoms with E-state index in [0.29, 0.717) is 11.6 Å². The summed E-state index contributed by atoms with van der Waals surface area (Å²) < 4.78 is 9.08. The molecule has 0 aliphatic heterocycles. The van der Waals surface area contributed by atoms with E-state index in [1.807, 2.05) is 36.4 Å². The molecule has 3 heterocycles. The number of nitrogens with zero attached hydrogens (tertiary/aromatic N) is 6. The lowest BCUT2D eigenvalue weighted by molar-refractivity contribution is 0.415. The molecule has 0 amide bonds. The van der Waals surface area contributed by atoms with Gasteiger partial charge in [-0.3, -0.25) is 0 Å². The number of ether oxygens (including phenoxy) is 1. The molecule has 0 saturated heterocycles. The Morgan fingerprint density at radius 2 is 1.81 bits per heavy atom. The van der Waals surface area contributed by atoms with Gasteiger partial charge in [-0.25, -0.2) is 0 Å². The Hall–Kier alpha value is -3.48. The first kappa shape index (κ1) is 14.8. The average molecular weight is 344 g/mol. The smallest absolute Gasteiger partial charge is 0.274 e. The molecule has 0 atom stereocenters. The zero-order chi connectivity index (χ0) is 17.7. The lowest BCUT2D eigenvalue weighted by Gasteiger charge is -2.03. The Labute approximate surface area is 148 Å². The van der Waals surface area contributed by atoms with E-state index in [0.717, 1.165) is 39.9 Å². The third-order valence-electron chi connectivity index (χ3n) is 4.61. The molecular formula is C19H16N6O. The van der Waals surface area contributed by atoms with E-state index in [1.54, 1.807) is 11.6 Å². The van der Waals surface area contributed by atoms with Gasteiger partial charge >= 0.3 is 0 Å². The Morgan fingerprint density at radius 3 is 2.58 bits per heavy atom. The van der Waals surface area contributed by atoms with Crippen molar-refractivity contribution in [2.45, 2.75) is 13.5 Å². The van der Waals surface area contributed by atoms with Crippen molar-refractivity contribution in [3.8, 4) is 17.1 Å². The standard InChI is InChI=1S/C19H16N6O/c1-3-24-15-7-5-4-6-14(15)16-18(24)20-19-22-21-17(25(19)23-16)12-8-10-13(26-2)11-9-12/h4-11H,3H2,1-2H3. The summed E-state index contributed by atoms with van der Waals surface area (Å²) in [5, 5.41) is 14.4. The number of para-hydroxylation sites is 1. The molecule has 0 saturated carbocycles. The fourth-order valence-electron chi connectivity index (χ4n) is 3.35. The molecule has 5 rings (SSSR count). The van der Waals surface area contributed by atoms with Crippen molar-refractivity contribution in [2.24, 2.45) is 0 Å². The number of aromatic nitrogens is 6. The molecule has 0 aliphatic rings. The van der Waals surface area contributed by atoms with Gasteiger partial charge in [0.15, 0.2) is 11.5 Å². The van der Waals surface area contributed by atoms with Crippen molar-refractivity contribution in [3.63, 3.8) is 0 Å². The maximum absolute atomic E-state index is 5.22. The Bertz CT molecular complexity index is 1250. The number of fused-ring (bicyclic) bond motifs is 4. The highest BCUT2D eigenvalue weighted by Crippen LogP contribution is 2.27. The van der Waals surface area contributed by atoms with Crippen LogP contribution in [0.15, 0.2) is 48.5 Å². The van der Waals surface area contributed by atoms with E-state index in [4.69, 9.17) is 14.8 Å². The summed E-state index contributed by atoms with van der Waals surface area (Å²) in [5.74, 6) is 1.94. The quantitative estimate of drug-likeness (QED) is 0.502. The molecular weight excluding hydrogens is 328 g/mol. The van der Waals surface area contributed by atoms with Crippen LogP contribution in [0.5, 0.6) is 5.75 Å². The Kier molecular flexibility index (Phi) is 3.15. The zero-order valence-corrected chi connectivity index (χ0v) is 14.4. The summed E-state index contributed by atoms with van der Waals surface area (Å²) in [6.07, 6.45) is 0. The lowest BCUT2D eigenvalue weighted by Crippen LogP contribution is -2.01. The van der Waals surface area contributed by atoms with Gasteiger partial charge in [-0.1, -0.05) is 18.2 Å². The van der Waals surface area contributed by atoms with Crippen LogP contribution in [-0.2, 0) is 6.54 Å². The molecule has 0 radical (unpaired) electrons. The predicted octanol–water partition coefficient (Wildman–Crippen LogP) is 3.32. The second kappa shape index (κ2) is 5.52. The van der Waals surface area contributed by atoms with E-state index >= 15 is 0 Å². The number of methoxy groups -OCH3 is 1. The maximum atomic E-state index is 5.22. The SMILES string of the molecule is CCn1c2ccccc2c2nn3c(-c4ccc(OC)cc4)nnc3nc21. The molecule has 0 fully saturated rings. The van der Waals surface area contributed by atoms with E-state index < -0.39 is 0 Å². The van der Waals surface area contributed by atoms with Gasteiger partial charge in [0.25, 0.3) is 5.78 Å². The van der Waals surface area contributed by atoms with Crippen molar-refractivity contribution < 1.29 is 4.74 Å². The highest BCUT2D eigenvalue weighted by Gasteiger charge is 2.17. The van der Waals surface area contributed by atoms with Crippen LogP contribution in [0.3, 0.4) is 0 Å². The number of rotatable bonds is 3. The number of aryl methyl sites for hydroxylation is 1. The predicted molar refractivity (Wildman–Crippen MR) is 99.2 cm³/mol. The van der Waals surface area contributed by atoms with Crippen LogP contribution in [0.2, 0.25) is 0 Å². The minimum absolute atomic E-state index is 0.487. The van der Waals surface area contributed by atoms with Gasteiger partial charge in [-0.2, -0.15) is 14.6 Å². The second-order valence-electron chi connectivity index (χ2n) is 6.01. The number of benzene rings is 2. The largest absolute Gasteiger partial charge is 0.497 e. The first-order valence-electron chi connectivity index (χ1n) is 8.45. The van der Waals surface area contributed by atoms with Gasteiger partial charge in [0.05, 0.1) is 12.6 Å². The fraction of sp³-hybridized carbons (Fsp3) is 0.158. The lowest BCUT2D eigenvalue weighted by atomic mass is 10.2. The topological polar surface area (TPSA) is 70.1 Å². The van der Waals surface area contributed by atoms with Gasteiger partial charge in [0.2, 0.25) is 0 Å². The number of hydrogen-bond acceptors (Lipinski definition) is 5. The van der Waals surface area contributed by atoms with Crippen LogP contribution in [0.1, 0.15) is 6.92 Å². The third kappa shape index (κ3) is 2.00. The van der Waals surface area contributed by atoms with Gasteiger partial charge in [-0.05, 0) is 37.3 Å². The zero-order valence-electron chi connectivity index (χ0n) is 14.4. The fourth-order valence-corrected chi connectivity index (χ4v) is 3.35. The van der Waals surface area contributed by atoms with Crippen molar-refractivity contribution in [1.29, 1.82) is 0 Å². The summed E-state index contributed by atoms with van der Waals surface area (Å²) in [5.41, 5.74) is 3.71. The van der Waals surface area contributed by atoms with Crippen molar-refractivity contribution >= 4 is 27.8 Å². The summed E-state index contributed by atoms with van der Waals surface area (Å²) in [6.45, 7) is 2.92. The monoisotopic (exact) mass is 344 g/mol. The highest BCUT2D eigenvalue weighted by atomic mass is 16.5. The van der Waals surface area contributed by atoms with Gasteiger partial charge in [0, 0.05) is 17.5 Å². The second-order valence-corrected chi connectivity index (χ2v) is 6.01. The van der Waals surface area contributed by atoms with Crippen LogP contribution in [-0.4, -0.2) is 36.5 Å². The maximum Gasteiger partial charge on any atom is 0.274 e. The van der Waals surface area contributed by atoms with Crippen molar-refractivity contribution in [1.82, 2.24) is 29.4 Å². The minimum atomic E-state index is 0.487. The molecule has 0 N–H and O–H groups in total. The van der Waals surface area contributed by atoms with E-state index in [-0.39, 0.29) is 0 Å². The van der Waals surface area contributed by atoms with Gasteiger partial charge in [0.1, 0.15) is 11.3 Å². The molecule has 128 valence electrons. The van der Waals surface area contributed by atoms with Crippen LogP contribution < -0.4 is 4.74 Å². The van der Waals surface area contributed by atoms with E-state index in [1.165, 1.54) is 0 Å². The molecule has 5 aromatic rings. The van der Waals surface area contributed by atoms with Crippen molar-refractivity contribution in [3.05, 3.63) is 48.5 Å². The molecule has 2 aromatic carbocycles. The summed E-state index contributed by atoms with van der Waals surface area (Å²) in [4.78, 5) is 4.73. The summed E-state index contributed by atoms with van der Waals surface area (Å²) in [7, 11) is 1.65. The molecule has 7 nitrogen and oxygen atoms in total. The normalized spacial score (nSPS) is 11.6. The van der Waals surface area contributed by atoms with Gasteiger partial charge < -0.3 is 9.30 Å². The van der Waals surface area contributed by atoms with E-state index in [9.17, 15) is 0 Å². The Morgan fingerprint density at radius 1 is 1.00 bits per heavy atom. The number of hydrogen-bond donors (Lipinski definition) is 0. The van der Waals surface area contributed by atoms with Crippen LogP contribution in [0.4, 0.5) is 0 Å². The molecule has 3 aromatic heterocycles.